The average Bonchev–Trinajstić information content (AvgIpc) is 3.40. The van der Waals surface area contributed by atoms with Gasteiger partial charge in [-0.1, -0.05) is 6.07 Å². The number of fused-ring (bicyclic) bond motifs is 1. The van der Waals surface area contributed by atoms with Crippen LogP contribution in [-0.4, -0.2) is 115 Å². The summed E-state index contributed by atoms with van der Waals surface area (Å²) < 4.78 is 24.3. The molecule has 4 saturated heterocycles. The molecule has 7 rings (SSSR count). The minimum atomic E-state index is -0.290. The first-order valence-corrected chi connectivity index (χ1v) is 14.8. The molecule has 0 aromatic carbocycles. The zero-order chi connectivity index (χ0) is 27.8. The summed E-state index contributed by atoms with van der Waals surface area (Å²) in [5.41, 5.74) is 4.91. The predicted octanol–water partition coefficient (Wildman–Crippen LogP) is 2.78. The van der Waals surface area contributed by atoms with Gasteiger partial charge in [-0.3, -0.25) is 9.88 Å². The van der Waals surface area contributed by atoms with Gasteiger partial charge in [0.2, 0.25) is 0 Å². The van der Waals surface area contributed by atoms with E-state index in [9.17, 15) is 4.79 Å². The summed E-state index contributed by atoms with van der Waals surface area (Å²) in [6, 6.07) is 9.05. The van der Waals surface area contributed by atoms with E-state index in [1.165, 1.54) is 0 Å². The number of piperidine rings is 1. The molecule has 0 aliphatic carbocycles. The molecule has 1 amide bonds. The fourth-order valence-corrected chi connectivity index (χ4v) is 6.35. The van der Waals surface area contributed by atoms with Crippen LogP contribution in [-0.2, 0) is 24.5 Å². The van der Waals surface area contributed by atoms with Crippen LogP contribution in [0.4, 0.5) is 10.5 Å². The summed E-state index contributed by atoms with van der Waals surface area (Å²) in [4.78, 5) is 24.0. The summed E-state index contributed by atoms with van der Waals surface area (Å²) in [6.07, 6.45) is 7.43. The molecular formula is C30H38N6O5. The Morgan fingerprint density at radius 3 is 2.44 bits per heavy atom. The lowest BCUT2D eigenvalue weighted by molar-refractivity contribution is -0.122. The number of rotatable bonds is 7. The zero-order valence-corrected chi connectivity index (χ0v) is 23.6. The second-order valence-electron chi connectivity index (χ2n) is 11.4. The van der Waals surface area contributed by atoms with E-state index in [4.69, 9.17) is 23.9 Å². The van der Waals surface area contributed by atoms with Gasteiger partial charge in [0, 0.05) is 75.6 Å². The van der Waals surface area contributed by atoms with Crippen molar-refractivity contribution in [2.45, 2.75) is 37.5 Å². The first-order valence-electron chi connectivity index (χ1n) is 14.8. The van der Waals surface area contributed by atoms with Crippen molar-refractivity contribution in [2.24, 2.45) is 0 Å². The molecule has 4 fully saturated rings. The molecule has 7 heterocycles. The molecule has 0 bridgehead atoms. The maximum absolute atomic E-state index is 12.4. The highest BCUT2D eigenvalue weighted by Crippen LogP contribution is 2.38. The molecule has 0 saturated carbocycles. The van der Waals surface area contributed by atoms with Gasteiger partial charge in [-0.2, -0.15) is 5.10 Å². The van der Waals surface area contributed by atoms with Crippen molar-refractivity contribution in [2.75, 3.05) is 77.2 Å². The van der Waals surface area contributed by atoms with Crippen LogP contribution in [0.5, 0.6) is 0 Å². The van der Waals surface area contributed by atoms with Gasteiger partial charge in [0.15, 0.2) is 6.10 Å². The quantitative estimate of drug-likeness (QED) is 0.431. The van der Waals surface area contributed by atoms with Gasteiger partial charge in [-0.25, -0.2) is 9.31 Å². The van der Waals surface area contributed by atoms with Crippen molar-refractivity contribution >= 4 is 17.3 Å². The Bertz CT molecular complexity index is 1360. The van der Waals surface area contributed by atoms with Crippen LogP contribution >= 0.6 is 0 Å². The maximum atomic E-state index is 12.4. The Morgan fingerprint density at radius 2 is 1.80 bits per heavy atom. The molecule has 0 atom stereocenters. The third-order valence-corrected chi connectivity index (χ3v) is 8.99. The van der Waals surface area contributed by atoms with E-state index in [1.807, 2.05) is 29.2 Å². The van der Waals surface area contributed by atoms with Crippen molar-refractivity contribution in [1.29, 1.82) is 0 Å². The van der Waals surface area contributed by atoms with Crippen molar-refractivity contribution in [1.82, 2.24) is 24.4 Å². The number of amides is 1. The lowest BCUT2D eigenvalue weighted by Gasteiger charge is -2.46. The molecule has 0 radical (unpaired) electrons. The van der Waals surface area contributed by atoms with Crippen molar-refractivity contribution in [3.63, 3.8) is 0 Å². The number of piperazine rings is 1. The average molecular weight is 563 g/mol. The number of ether oxygens (including phenoxy) is 4. The van der Waals surface area contributed by atoms with Crippen LogP contribution in [0.1, 0.15) is 25.3 Å². The summed E-state index contributed by atoms with van der Waals surface area (Å²) in [5.74, 6) is 0. The third-order valence-electron chi connectivity index (χ3n) is 8.99. The number of anilines is 1. The molecule has 4 aliphatic rings. The fraction of sp³-hybridized carbons (Fsp3) is 0.567. The fourth-order valence-electron chi connectivity index (χ4n) is 6.35. The first-order chi connectivity index (χ1) is 20.1. The van der Waals surface area contributed by atoms with Crippen LogP contribution < -0.4 is 4.90 Å². The molecular weight excluding hydrogens is 524 g/mol. The Labute approximate surface area is 239 Å². The molecule has 3 aromatic heterocycles. The van der Waals surface area contributed by atoms with Gasteiger partial charge in [0.25, 0.3) is 0 Å². The summed E-state index contributed by atoms with van der Waals surface area (Å²) >= 11 is 0. The number of nitrogens with zero attached hydrogens (tertiary/aromatic N) is 6. The molecule has 0 spiro atoms. The number of pyridine rings is 1. The molecule has 0 N–H and O–H groups in total. The van der Waals surface area contributed by atoms with Crippen molar-refractivity contribution in [3.8, 4) is 11.3 Å². The summed E-state index contributed by atoms with van der Waals surface area (Å²) in [6.45, 7) is 10.2. The number of likely N-dealkylation sites (tertiary alicyclic amines) is 1. The molecule has 4 aliphatic heterocycles. The Morgan fingerprint density at radius 1 is 1.02 bits per heavy atom. The minimum Gasteiger partial charge on any atom is -0.441 e. The molecule has 11 nitrogen and oxygen atoms in total. The minimum absolute atomic E-state index is 0.104. The molecule has 41 heavy (non-hydrogen) atoms. The van der Waals surface area contributed by atoms with E-state index in [-0.39, 0.29) is 17.8 Å². The highest BCUT2D eigenvalue weighted by Gasteiger charge is 2.40. The number of hydrogen-bond acceptors (Lipinski definition) is 9. The van der Waals surface area contributed by atoms with E-state index in [0.29, 0.717) is 39.0 Å². The number of hydrogen-bond donors (Lipinski definition) is 0. The second kappa shape index (κ2) is 11.2. The van der Waals surface area contributed by atoms with Gasteiger partial charge in [-0.15, -0.1) is 0 Å². The van der Waals surface area contributed by atoms with Gasteiger partial charge in [0.05, 0.1) is 55.0 Å². The second-order valence-corrected chi connectivity index (χ2v) is 11.4. The van der Waals surface area contributed by atoms with E-state index >= 15 is 0 Å². The SMILES string of the molecule is CCOC1(c2ccc(-c3cc4c(N5CCN(C(=O)OC6COC6)CC5)ccnn4c3)nc2)CCN(C2COC2)CC1. The third kappa shape index (κ3) is 5.16. The largest absolute Gasteiger partial charge is 0.441 e. The van der Waals surface area contributed by atoms with Crippen LogP contribution in [0.25, 0.3) is 16.8 Å². The van der Waals surface area contributed by atoms with Crippen LogP contribution in [0.3, 0.4) is 0 Å². The van der Waals surface area contributed by atoms with Gasteiger partial charge in [-0.05, 0) is 38.0 Å². The smallest absolute Gasteiger partial charge is 0.410 e. The molecule has 11 heteroatoms. The highest BCUT2D eigenvalue weighted by atomic mass is 16.6. The van der Waals surface area contributed by atoms with Gasteiger partial charge >= 0.3 is 6.09 Å². The van der Waals surface area contributed by atoms with Crippen molar-refractivity contribution < 1.29 is 23.7 Å². The molecule has 3 aromatic rings. The van der Waals surface area contributed by atoms with Crippen molar-refractivity contribution in [3.05, 3.63) is 48.4 Å². The Kier molecular flexibility index (Phi) is 7.28. The zero-order valence-electron chi connectivity index (χ0n) is 23.6. The Balaban J connectivity index is 1.05. The molecule has 0 unspecified atom stereocenters. The van der Waals surface area contributed by atoms with Gasteiger partial charge < -0.3 is 28.7 Å². The van der Waals surface area contributed by atoms with E-state index in [2.05, 4.69) is 40.0 Å². The topological polar surface area (TPSA) is 93.9 Å². The monoisotopic (exact) mass is 562 g/mol. The first kappa shape index (κ1) is 26.6. The normalized spacial score (nSPS) is 22.0. The van der Waals surface area contributed by atoms with E-state index in [1.54, 1.807) is 4.90 Å². The Hall–Kier alpha value is -3.25. The lowest BCUT2D eigenvalue weighted by Crippen LogP contribution is -2.54. The van der Waals surface area contributed by atoms with E-state index < -0.39 is 0 Å². The molecule has 218 valence electrons. The number of aromatic nitrogens is 3. The predicted molar refractivity (Wildman–Crippen MR) is 152 cm³/mol. The van der Waals surface area contributed by atoms with E-state index in [0.717, 1.165) is 80.3 Å². The van der Waals surface area contributed by atoms with Crippen LogP contribution in [0.2, 0.25) is 0 Å². The van der Waals surface area contributed by atoms with Crippen LogP contribution in [0, 0.1) is 0 Å². The van der Waals surface area contributed by atoms with Gasteiger partial charge in [0.1, 0.15) is 0 Å². The standard InChI is InChI=1S/C30H38N6O5/c1-2-40-30(6-9-33(10-7-30)24-18-38-19-24)23-3-4-26(31-16-23)22-15-28-27(5-8-32-36(28)17-22)34-11-13-35(14-12-34)29(37)41-25-20-39-21-25/h3-5,8,15-17,24-25H,2,6-7,9-14,18-21H2,1H3. The lowest BCUT2D eigenvalue weighted by atomic mass is 9.84. The highest BCUT2D eigenvalue weighted by molar-refractivity contribution is 5.79. The van der Waals surface area contributed by atoms with Crippen LogP contribution in [0.15, 0.2) is 42.9 Å². The number of carbonyl (C=O) groups excluding carboxylic acids is 1. The summed E-state index contributed by atoms with van der Waals surface area (Å²) in [7, 11) is 0. The number of carbonyl (C=O) groups is 1. The summed E-state index contributed by atoms with van der Waals surface area (Å²) in [5, 5.41) is 4.57. The maximum Gasteiger partial charge on any atom is 0.410 e.